The summed E-state index contributed by atoms with van der Waals surface area (Å²) in [5.74, 6) is -0.0400. The van der Waals surface area contributed by atoms with Crippen molar-refractivity contribution >= 4 is 46.2 Å². The molecule has 4 rings (SSSR count). The van der Waals surface area contributed by atoms with E-state index in [-0.39, 0.29) is 18.3 Å². The van der Waals surface area contributed by atoms with E-state index in [0.29, 0.717) is 26.4 Å². The Morgan fingerprint density at radius 2 is 1.90 bits per heavy atom. The third-order valence-corrected chi connectivity index (χ3v) is 5.38. The quantitative estimate of drug-likeness (QED) is 0.501. The first-order valence-electron chi connectivity index (χ1n) is 9.08. The van der Waals surface area contributed by atoms with Crippen LogP contribution in [0.25, 0.3) is 6.08 Å². The third kappa shape index (κ3) is 5.09. The minimum absolute atomic E-state index is 0.204. The van der Waals surface area contributed by atoms with E-state index in [1.165, 1.54) is 23.9 Å². The molecule has 1 heterocycles. The second-order valence-electron chi connectivity index (χ2n) is 6.43. The van der Waals surface area contributed by atoms with Crippen molar-refractivity contribution in [3.05, 3.63) is 99.7 Å². The molecule has 4 nitrogen and oxygen atoms in total. The van der Waals surface area contributed by atoms with E-state index in [1.807, 2.05) is 30.3 Å². The molecule has 150 valence electrons. The number of nitrogens with one attached hydrogen (secondary N) is 1. The number of hydrogen-bond acceptors (Lipinski definition) is 4. The van der Waals surface area contributed by atoms with Crippen molar-refractivity contribution in [2.24, 2.45) is 4.99 Å². The summed E-state index contributed by atoms with van der Waals surface area (Å²) < 4.78 is 19.0. The number of benzene rings is 3. The number of carbonyl (C=O) groups is 1. The Morgan fingerprint density at radius 3 is 2.67 bits per heavy atom. The van der Waals surface area contributed by atoms with Gasteiger partial charge in [-0.25, -0.2) is 9.38 Å². The summed E-state index contributed by atoms with van der Waals surface area (Å²) >= 11 is 7.59. The Bertz CT molecular complexity index is 1150. The van der Waals surface area contributed by atoms with Crippen LogP contribution in [-0.4, -0.2) is 11.1 Å². The second kappa shape index (κ2) is 9.15. The maximum absolute atomic E-state index is 13.3. The summed E-state index contributed by atoms with van der Waals surface area (Å²) in [6, 6.07) is 20.9. The number of rotatable bonds is 5. The van der Waals surface area contributed by atoms with Crippen LogP contribution >= 0.6 is 23.4 Å². The number of nitrogens with zero attached hydrogens (tertiary/aromatic N) is 1. The highest BCUT2D eigenvalue weighted by Crippen LogP contribution is 2.31. The second-order valence-corrected chi connectivity index (χ2v) is 7.86. The highest BCUT2D eigenvalue weighted by molar-refractivity contribution is 8.18. The van der Waals surface area contributed by atoms with Crippen LogP contribution in [-0.2, 0) is 11.4 Å². The minimum Gasteiger partial charge on any atom is -0.487 e. The number of carbonyl (C=O) groups excluding carboxylic acids is 1. The average Bonchev–Trinajstić information content (AvgIpc) is 3.07. The van der Waals surface area contributed by atoms with E-state index in [9.17, 15) is 9.18 Å². The number of para-hydroxylation sites is 1. The van der Waals surface area contributed by atoms with Gasteiger partial charge in [0.05, 0.1) is 15.6 Å². The summed E-state index contributed by atoms with van der Waals surface area (Å²) in [4.78, 5) is 17.2. The zero-order valence-electron chi connectivity index (χ0n) is 15.6. The Balaban J connectivity index is 1.45. The van der Waals surface area contributed by atoms with Crippen LogP contribution in [0.1, 0.15) is 11.1 Å². The van der Waals surface area contributed by atoms with Crippen LogP contribution in [0.4, 0.5) is 10.1 Å². The van der Waals surface area contributed by atoms with Crippen molar-refractivity contribution in [3.63, 3.8) is 0 Å². The Hall–Kier alpha value is -3.09. The van der Waals surface area contributed by atoms with E-state index in [0.717, 1.165) is 11.3 Å². The van der Waals surface area contributed by atoms with E-state index < -0.39 is 0 Å². The van der Waals surface area contributed by atoms with Crippen molar-refractivity contribution in [2.75, 3.05) is 0 Å². The van der Waals surface area contributed by atoms with Gasteiger partial charge in [0.2, 0.25) is 0 Å². The molecule has 1 saturated heterocycles. The van der Waals surface area contributed by atoms with Gasteiger partial charge in [-0.3, -0.25) is 4.79 Å². The van der Waals surface area contributed by atoms with E-state index in [2.05, 4.69) is 10.3 Å². The van der Waals surface area contributed by atoms with Crippen LogP contribution in [0.15, 0.2) is 82.7 Å². The molecule has 3 aromatic rings. The monoisotopic (exact) mass is 438 g/mol. The van der Waals surface area contributed by atoms with Crippen LogP contribution < -0.4 is 10.1 Å². The largest absolute Gasteiger partial charge is 0.487 e. The summed E-state index contributed by atoms with van der Waals surface area (Å²) in [7, 11) is 0. The van der Waals surface area contributed by atoms with Gasteiger partial charge in [0.25, 0.3) is 5.91 Å². The van der Waals surface area contributed by atoms with Gasteiger partial charge in [0.1, 0.15) is 18.2 Å². The smallest absolute Gasteiger partial charge is 0.264 e. The molecule has 0 aromatic heterocycles. The molecule has 1 aliphatic heterocycles. The van der Waals surface area contributed by atoms with Crippen molar-refractivity contribution in [3.8, 4) is 5.75 Å². The first-order valence-corrected chi connectivity index (χ1v) is 10.3. The normalized spacial score (nSPS) is 16.1. The number of halogens is 2. The van der Waals surface area contributed by atoms with Crippen molar-refractivity contribution < 1.29 is 13.9 Å². The van der Waals surface area contributed by atoms with Crippen molar-refractivity contribution in [2.45, 2.75) is 6.61 Å². The third-order valence-electron chi connectivity index (χ3n) is 4.17. The molecule has 0 aliphatic carbocycles. The highest BCUT2D eigenvalue weighted by atomic mass is 35.5. The van der Waals surface area contributed by atoms with Crippen LogP contribution in [0.2, 0.25) is 5.02 Å². The van der Waals surface area contributed by atoms with Gasteiger partial charge in [0, 0.05) is 0 Å². The fourth-order valence-electron chi connectivity index (χ4n) is 2.76. The molecule has 0 bridgehead atoms. The number of amidine groups is 1. The number of aliphatic imine (C=N–C) groups is 1. The lowest BCUT2D eigenvalue weighted by molar-refractivity contribution is -0.115. The van der Waals surface area contributed by atoms with Gasteiger partial charge >= 0.3 is 0 Å². The Kier molecular flexibility index (Phi) is 6.16. The first kappa shape index (κ1) is 20.2. The molecule has 0 unspecified atom stereocenters. The van der Waals surface area contributed by atoms with Gasteiger partial charge < -0.3 is 10.1 Å². The molecule has 1 amide bonds. The maximum atomic E-state index is 13.3. The van der Waals surface area contributed by atoms with Crippen LogP contribution in [0.5, 0.6) is 5.75 Å². The van der Waals surface area contributed by atoms with Gasteiger partial charge in [-0.1, -0.05) is 48.0 Å². The topological polar surface area (TPSA) is 50.7 Å². The summed E-state index contributed by atoms with van der Waals surface area (Å²) in [5.41, 5.74) is 2.24. The average molecular weight is 439 g/mol. The molecule has 1 aliphatic rings. The van der Waals surface area contributed by atoms with Crippen molar-refractivity contribution in [1.29, 1.82) is 0 Å². The van der Waals surface area contributed by atoms with E-state index in [4.69, 9.17) is 16.3 Å². The lowest BCUT2D eigenvalue weighted by atomic mass is 10.2. The molecule has 0 atom stereocenters. The minimum atomic E-state index is -0.313. The van der Waals surface area contributed by atoms with Crippen LogP contribution in [0, 0.1) is 5.82 Å². The first-order chi connectivity index (χ1) is 14.6. The molecule has 0 radical (unpaired) electrons. The molecule has 30 heavy (non-hydrogen) atoms. The fourth-order valence-corrected chi connectivity index (χ4v) is 3.85. The van der Waals surface area contributed by atoms with E-state index >= 15 is 0 Å². The number of hydrogen-bond donors (Lipinski definition) is 1. The lowest BCUT2D eigenvalue weighted by Gasteiger charge is -2.09. The molecule has 0 saturated carbocycles. The molecule has 1 N–H and O–H groups in total. The van der Waals surface area contributed by atoms with Crippen molar-refractivity contribution in [1.82, 2.24) is 5.32 Å². The summed E-state index contributed by atoms with van der Waals surface area (Å²) in [6.07, 6.45) is 1.75. The fraction of sp³-hybridized carbons (Fsp3) is 0.0435. The molecular weight excluding hydrogens is 423 g/mol. The molecule has 7 heteroatoms. The number of thioether (sulfide) groups is 1. The zero-order chi connectivity index (χ0) is 20.9. The van der Waals surface area contributed by atoms with Gasteiger partial charge in [-0.15, -0.1) is 0 Å². The molecule has 1 fully saturated rings. The summed E-state index contributed by atoms with van der Waals surface area (Å²) in [5, 5.41) is 3.69. The Morgan fingerprint density at radius 1 is 1.07 bits per heavy atom. The maximum Gasteiger partial charge on any atom is 0.264 e. The van der Waals surface area contributed by atoms with Gasteiger partial charge in [0.15, 0.2) is 5.17 Å². The zero-order valence-corrected chi connectivity index (χ0v) is 17.2. The highest BCUT2D eigenvalue weighted by Gasteiger charge is 2.23. The van der Waals surface area contributed by atoms with E-state index in [1.54, 1.807) is 36.4 Å². The summed E-state index contributed by atoms with van der Waals surface area (Å²) in [6.45, 7) is 0.204. The predicted octanol–water partition coefficient (Wildman–Crippen LogP) is 5.95. The number of ether oxygens (including phenoxy) is 1. The standard InChI is InChI=1S/C23H16ClFN2O2S/c24-19-12-15(9-10-20(19)29-14-16-5-4-6-17(25)11-16)13-21-22(28)27-23(30-21)26-18-7-2-1-3-8-18/h1-13H,14H2,(H,26,27,28)/b21-13-. The number of amides is 1. The van der Waals surface area contributed by atoms with Gasteiger partial charge in [-0.05, 0) is 65.4 Å². The molecule has 0 spiro atoms. The lowest BCUT2D eigenvalue weighted by Crippen LogP contribution is -2.19. The molecular formula is C23H16ClFN2O2S. The van der Waals surface area contributed by atoms with Crippen LogP contribution in [0.3, 0.4) is 0 Å². The Labute approximate surface area is 182 Å². The SMILES string of the molecule is O=C1NC(=Nc2ccccc2)S/C1=C\c1ccc(OCc2cccc(F)c2)c(Cl)c1. The molecule has 3 aromatic carbocycles. The predicted molar refractivity (Wildman–Crippen MR) is 119 cm³/mol. The van der Waals surface area contributed by atoms with Gasteiger partial charge in [-0.2, -0.15) is 0 Å².